The summed E-state index contributed by atoms with van der Waals surface area (Å²) in [5.74, 6) is -0.548. The lowest BCUT2D eigenvalue weighted by Crippen LogP contribution is -2.09. The molecule has 0 spiro atoms. The Hall–Kier alpha value is -2.04. The number of rotatable bonds is 5. The molecule has 1 N–H and O–H groups in total. The third-order valence-electron chi connectivity index (χ3n) is 3.20. The predicted octanol–water partition coefficient (Wildman–Crippen LogP) is 4.37. The van der Waals surface area contributed by atoms with Crippen LogP contribution in [0.1, 0.15) is 38.7 Å². The van der Waals surface area contributed by atoms with E-state index in [1.54, 1.807) is 0 Å². The first-order valence-electron chi connectivity index (χ1n) is 7.09. The molecule has 0 unspecified atom stereocenters. The summed E-state index contributed by atoms with van der Waals surface area (Å²) in [4.78, 5) is 8.35. The lowest BCUT2D eigenvalue weighted by molar-refractivity contribution is 0.588. The minimum atomic E-state index is -0.614. The molecule has 0 amide bonds. The Morgan fingerprint density at radius 3 is 2.38 bits per heavy atom. The first-order valence-corrected chi connectivity index (χ1v) is 7.09. The zero-order valence-electron chi connectivity index (χ0n) is 12.5. The van der Waals surface area contributed by atoms with Gasteiger partial charge in [-0.15, -0.1) is 0 Å². The van der Waals surface area contributed by atoms with Crippen LogP contribution in [0.25, 0.3) is 11.3 Å². The normalized spacial score (nSPS) is 11.0. The van der Waals surface area contributed by atoms with E-state index in [0.29, 0.717) is 11.5 Å². The van der Waals surface area contributed by atoms with E-state index in [1.165, 1.54) is 24.5 Å². The van der Waals surface area contributed by atoms with E-state index in [2.05, 4.69) is 15.3 Å². The largest absolute Gasteiger partial charge is 0.370 e. The van der Waals surface area contributed by atoms with Gasteiger partial charge >= 0.3 is 0 Å². The molecule has 3 nitrogen and oxygen atoms in total. The van der Waals surface area contributed by atoms with Gasteiger partial charge in [-0.05, 0) is 24.5 Å². The SMILES string of the molecule is CCCNc1ncnc(-c2c(F)cccc2F)c1C(C)C. The Morgan fingerprint density at radius 1 is 1.14 bits per heavy atom. The predicted molar refractivity (Wildman–Crippen MR) is 80.3 cm³/mol. The highest BCUT2D eigenvalue weighted by Crippen LogP contribution is 2.34. The summed E-state index contributed by atoms with van der Waals surface area (Å²) >= 11 is 0. The fraction of sp³-hybridized carbons (Fsp3) is 0.375. The second kappa shape index (κ2) is 6.61. The minimum absolute atomic E-state index is 0.0413. The van der Waals surface area contributed by atoms with Gasteiger partial charge in [-0.2, -0.15) is 0 Å². The van der Waals surface area contributed by atoms with Gasteiger partial charge in [0.25, 0.3) is 0 Å². The van der Waals surface area contributed by atoms with Crippen LogP contribution in [0.3, 0.4) is 0 Å². The van der Waals surface area contributed by atoms with Crippen molar-refractivity contribution in [3.63, 3.8) is 0 Å². The number of aromatic nitrogens is 2. The van der Waals surface area contributed by atoms with Gasteiger partial charge in [0, 0.05) is 12.1 Å². The molecule has 1 aromatic heterocycles. The molecule has 0 saturated heterocycles. The smallest absolute Gasteiger partial charge is 0.135 e. The molecule has 0 aliphatic heterocycles. The molecule has 0 saturated carbocycles. The van der Waals surface area contributed by atoms with Crippen molar-refractivity contribution in [3.8, 4) is 11.3 Å². The number of hydrogen-bond acceptors (Lipinski definition) is 3. The molecule has 1 heterocycles. The van der Waals surface area contributed by atoms with Gasteiger partial charge in [-0.1, -0.05) is 26.8 Å². The van der Waals surface area contributed by atoms with Crippen molar-refractivity contribution in [2.45, 2.75) is 33.1 Å². The summed E-state index contributed by atoms with van der Waals surface area (Å²) in [7, 11) is 0. The standard InChI is InChI=1S/C16H19F2N3/c1-4-8-19-16-13(10(2)3)15(20-9-21-16)14-11(17)6-5-7-12(14)18/h5-7,9-10H,4,8H2,1-3H3,(H,19,20,21). The van der Waals surface area contributed by atoms with Gasteiger partial charge in [-0.3, -0.25) is 0 Å². The lowest BCUT2D eigenvalue weighted by Gasteiger charge is -2.17. The Labute approximate surface area is 123 Å². The molecule has 2 rings (SSSR count). The van der Waals surface area contributed by atoms with Crippen LogP contribution in [0.15, 0.2) is 24.5 Å². The van der Waals surface area contributed by atoms with Crippen LogP contribution < -0.4 is 5.32 Å². The molecule has 21 heavy (non-hydrogen) atoms. The zero-order valence-corrected chi connectivity index (χ0v) is 12.5. The van der Waals surface area contributed by atoms with Gasteiger partial charge < -0.3 is 5.32 Å². The first kappa shape index (κ1) is 15.4. The van der Waals surface area contributed by atoms with Crippen molar-refractivity contribution in [1.82, 2.24) is 9.97 Å². The number of nitrogens with zero attached hydrogens (tertiary/aromatic N) is 2. The molecule has 0 aliphatic rings. The van der Waals surface area contributed by atoms with E-state index in [1.807, 2.05) is 20.8 Å². The van der Waals surface area contributed by atoms with Crippen LogP contribution in [0.5, 0.6) is 0 Å². The molecule has 0 fully saturated rings. The van der Waals surface area contributed by atoms with Gasteiger partial charge in [0.1, 0.15) is 23.8 Å². The van der Waals surface area contributed by atoms with Crippen molar-refractivity contribution in [1.29, 1.82) is 0 Å². The van der Waals surface area contributed by atoms with E-state index in [4.69, 9.17) is 0 Å². The van der Waals surface area contributed by atoms with Crippen LogP contribution in [-0.4, -0.2) is 16.5 Å². The van der Waals surface area contributed by atoms with Gasteiger partial charge in [0.2, 0.25) is 0 Å². The molecule has 1 aromatic carbocycles. The van der Waals surface area contributed by atoms with Crippen molar-refractivity contribution < 1.29 is 8.78 Å². The van der Waals surface area contributed by atoms with Crippen molar-refractivity contribution >= 4 is 5.82 Å². The van der Waals surface area contributed by atoms with Gasteiger partial charge in [0.15, 0.2) is 0 Å². The van der Waals surface area contributed by atoms with E-state index in [0.717, 1.165) is 18.5 Å². The van der Waals surface area contributed by atoms with Crippen LogP contribution in [0.4, 0.5) is 14.6 Å². The molecule has 112 valence electrons. The van der Waals surface area contributed by atoms with E-state index in [-0.39, 0.29) is 11.5 Å². The quantitative estimate of drug-likeness (QED) is 0.889. The second-order valence-electron chi connectivity index (χ2n) is 5.16. The molecule has 0 atom stereocenters. The van der Waals surface area contributed by atoms with Crippen molar-refractivity contribution in [2.75, 3.05) is 11.9 Å². The van der Waals surface area contributed by atoms with Crippen LogP contribution in [0, 0.1) is 11.6 Å². The second-order valence-corrected chi connectivity index (χ2v) is 5.16. The highest BCUT2D eigenvalue weighted by molar-refractivity contribution is 5.70. The number of nitrogens with one attached hydrogen (secondary N) is 1. The summed E-state index contributed by atoms with van der Waals surface area (Å²) in [6.07, 6.45) is 2.27. The number of halogens is 2. The van der Waals surface area contributed by atoms with Crippen molar-refractivity contribution in [2.24, 2.45) is 0 Å². The average Bonchev–Trinajstić information content (AvgIpc) is 2.44. The third-order valence-corrected chi connectivity index (χ3v) is 3.20. The van der Waals surface area contributed by atoms with Gasteiger partial charge in [-0.25, -0.2) is 18.7 Å². The minimum Gasteiger partial charge on any atom is -0.370 e. The van der Waals surface area contributed by atoms with Crippen LogP contribution in [0.2, 0.25) is 0 Å². The Bertz CT molecular complexity index is 607. The monoisotopic (exact) mass is 291 g/mol. The van der Waals surface area contributed by atoms with Crippen LogP contribution in [-0.2, 0) is 0 Å². The first-order chi connectivity index (χ1) is 10.1. The fourth-order valence-electron chi connectivity index (χ4n) is 2.25. The average molecular weight is 291 g/mol. The maximum atomic E-state index is 14.0. The van der Waals surface area contributed by atoms with E-state index >= 15 is 0 Å². The summed E-state index contributed by atoms with van der Waals surface area (Å²) in [5, 5.41) is 3.20. The maximum absolute atomic E-state index is 14.0. The number of anilines is 1. The maximum Gasteiger partial charge on any atom is 0.135 e. The Kier molecular flexibility index (Phi) is 4.83. The zero-order chi connectivity index (χ0) is 15.4. The van der Waals surface area contributed by atoms with E-state index in [9.17, 15) is 8.78 Å². The molecule has 2 aromatic rings. The summed E-state index contributed by atoms with van der Waals surface area (Å²) < 4.78 is 28.1. The van der Waals surface area contributed by atoms with Gasteiger partial charge in [0.05, 0.1) is 11.3 Å². The summed E-state index contributed by atoms with van der Waals surface area (Å²) in [5.41, 5.74) is 0.951. The highest BCUT2D eigenvalue weighted by Gasteiger charge is 2.21. The molecule has 0 bridgehead atoms. The third kappa shape index (κ3) is 3.17. The fourth-order valence-corrected chi connectivity index (χ4v) is 2.25. The lowest BCUT2D eigenvalue weighted by atomic mass is 9.96. The molecule has 0 radical (unpaired) electrons. The number of benzene rings is 1. The van der Waals surface area contributed by atoms with Crippen molar-refractivity contribution in [3.05, 3.63) is 41.7 Å². The molecule has 0 aliphatic carbocycles. The summed E-state index contributed by atoms with van der Waals surface area (Å²) in [6.45, 7) is 6.70. The Balaban J connectivity index is 2.63. The summed E-state index contributed by atoms with van der Waals surface area (Å²) in [6, 6.07) is 3.83. The molecule has 5 heteroatoms. The Morgan fingerprint density at radius 2 is 1.81 bits per heavy atom. The topological polar surface area (TPSA) is 37.8 Å². The van der Waals surface area contributed by atoms with Crippen LogP contribution >= 0.6 is 0 Å². The highest BCUT2D eigenvalue weighted by atomic mass is 19.1. The van der Waals surface area contributed by atoms with E-state index < -0.39 is 11.6 Å². The molecular formula is C16H19F2N3. The number of hydrogen-bond donors (Lipinski definition) is 1. The molecular weight excluding hydrogens is 272 g/mol.